The van der Waals surface area contributed by atoms with Crippen LogP contribution in [-0.2, 0) is 0 Å². The van der Waals surface area contributed by atoms with Gasteiger partial charge in [0.15, 0.2) is 0 Å². The Bertz CT molecular complexity index is 6700. The number of hydrogen-bond acceptors (Lipinski definition) is 7. The first kappa shape index (κ1) is 71.7. The lowest BCUT2D eigenvalue weighted by molar-refractivity contribution is 1.18. The summed E-state index contributed by atoms with van der Waals surface area (Å²) in [6, 6.07) is 143. The lowest BCUT2D eigenvalue weighted by Gasteiger charge is -2.26. The highest BCUT2D eigenvalue weighted by molar-refractivity contribution is 9.10. The quantitative estimate of drug-likeness (QED) is 0.109. The van der Waals surface area contributed by atoms with Crippen LogP contribution in [0.1, 0.15) is 0 Å². The molecule has 21 rings (SSSR count). The van der Waals surface area contributed by atoms with E-state index in [2.05, 4.69) is 410 Å². The minimum atomic E-state index is 0.823. The minimum absolute atomic E-state index is 0.823. The lowest BCUT2D eigenvalue weighted by atomic mass is 10.0. The monoisotopic (exact) mass is 1620 g/mol. The van der Waals surface area contributed by atoms with Gasteiger partial charge in [0.05, 0.1) is 55.9 Å². The number of rotatable bonds is 15. The molecule has 16 aromatic carbocycles. The average Bonchev–Trinajstić information content (AvgIpc) is 1.56. The van der Waals surface area contributed by atoms with E-state index in [1.165, 1.54) is 71.1 Å². The van der Waals surface area contributed by atoms with Crippen molar-refractivity contribution in [3.05, 3.63) is 440 Å². The van der Waals surface area contributed by atoms with Gasteiger partial charge in [-0.05, 0) is 194 Å². The Morgan fingerprint density at radius 1 is 0.207 bits per heavy atom. The van der Waals surface area contributed by atoms with E-state index >= 15 is 0 Å². The van der Waals surface area contributed by atoms with E-state index in [0.29, 0.717) is 0 Å². The Morgan fingerprint density at radius 2 is 0.466 bits per heavy atom. The van der Waals surface area contributed by atoms with Crippen molar-refractivity contribution in [3.8, 4) is 62.1 Å². The molecule has 0 bridgehead atoms. The van der Waals surface area contributed by atoms with Crippen LogP contribution < -0.4 is 15.1 Å². The summed E-state index contributed by atoms with van der Waals surface area (Å²) in [6.07, 6.45) is 7.00. The van der Waals surface area contributed by atoms with Crippen molar-refractivity contribution < 1.29 is 0 Å². The molecule has 0 aliphatic heterocycles. The summed E-state index contributed by atoms with van der Waals surface area (Å²) in [5.74, 6) is 0. The summed E-state index contributed by atoms with van der Waals surface area (Å²) in [5.41, 5.74) is 26.7. The number of para-hydroxylation sites is 9. The molecule has 0 spiro atoms. The molecule has 0 aliphatic rings. The molecule has 0 amide bonds. The normalized spacial score (nSPS) is 11.2. The molecule has 0 saturated carbocycles. The fraction of sp³-hybridized carbons (Fsp3) is 0. The molecule has 10 nitrogen and oxygen atoms in total. The van der Waals surface area contributed by atoms with Gasteiger partial charge in [-0.15, -0.1) is 0 Å². The maximum atomic E-state index is 4.95. The second-order valence-corrected chi connectivity index (χ2v) is 30.0. The highest BCUT2D eigenvalue weighted by Crippen LogP contribution is 2.45. The Balaban J connectivity index is 0.000000157. The van der Waals surface area contributed by atoms with Crippen molar-refractivity contribution in [1.29, 1.82) is 0 Å². The minimum Gasteiger partial charge on any atom is -0.356 e. The van der Waals surface area contributed by atoms with E-state index in [4.69, 9.17) is 9.97 Å². The van der Waals surface area contributed by atoms with Gasteiger partial charge in [-0.3, -0.25) is 19.9 Å². The second kappa shape index (κ2) is 32.3. The van der Waals surface area contributed by atoms with Crippen LogP contribution in [0.3, 0.4) is 0 Å². The molecule has 21 aromatic rings. The van der Waals surface area contributed by atoms with Gasteiger partial charge in [-0.2, -0.15) is 0 Å². The smallest absolute Gasteiger partial charge is 0.0965 e. The molecule has 0 saturated heterocycles. The number of hydrogen-bond donors (Lipinski definition) is 1. The van der Waals surface area contributed by atoms with Crippen molar-refractivity contribution in [1.82, 2.24) is 33.6 Å². The van der Waals surface area contributed by atoms with Crippen LogP contribution >= 0.6 is 31.9 Å². The largest absolute Gasteiger partial charge is 0.356 e. The van der Waals surface area contributed by atoms with Crippen molar-refractivity contribution >= 4 is 143 Å². The van der Waals surface area contributed by atoms with E-state index in [1.807, 2.05) is 66.7 Å². The Kier molecular flexibility index (Phi) is 20.0. The fourth-order valence-corrected chi connectivity index (χ4v) is 16.4. The third-order valence-electron chi connectivity index (χ3n) is 21.1. The molecule has 0 radical (unpaired) electrons. The highest BCUT2D eigenvalue weighted by Gasteiger charge is 2.22. The number of anilines is 8. The van der Waals surface area contributed by atoms with E-state index < -0.39 is 0 Å². The SMILES string of the molecule is Brc1ccc(-c2nccnc2-c2ccc(Br)cc2)cc1.c1ccc(N(c2ccc(-c3nccnc3-c3ccc(N(c4ccccc4)c4ccc5c(c4)c4ccccc4n5-c4ccccc4)cc3)cc2)c2ccc3c(c2)c2ccccc2n3-c2ccccc2)cc1.c1ccc(Nc2ccc3c(c2)c2ccccc2n3-c2ccccc2)cc1. The molecular formula is C104H72Br2N10. The van der Waals surface area contributed by atoms with Crippen LogP contribution in [0.2, 0.25) is 0 Å². The Morgan fingerprint density at radius 3 is 0.810 bits per heavy atom. The molecule has 12 heteroatoms. The Hall–Kier alpha value is -14.6. The molecule has 0 atom stereocenters. The summed E-state index contributed by atoms with van der Waals surface area (Å²) in [5, 5.41) is 10.9. The lowest BCUT2D eigenvalue weighted by Crippen LogP contribution is -2.10. The molecular weight excluding hydrogens is 1550 g/mol. The predicted octanol–water partition coefficient (Wildman–Crippen LogP) is 28.8. The van der Waals surface area contributed by atoms with Gasteiger partial charge in [0.2, 0.25) is 0 Å². The van der Waals surface area contributed by atoms with E-state index in [-0.39, 0.29) is 0 Å². The van der Waals surface area contributed by atoms with Crippen molar-refractivity contribution in [2.75, 3.05) is 15.1 Å². The standard InChI is InChI=1S/C64H44N6.C24H18N2.C16H10Br2N2/c1-5-17-47(18-6-1)67(53-37-39-61-57(43-53)55-25-13-15-27-59(55)69(61)49-21-9-3-10-22-49)51-33-29-45(30-34-51)63-64(66-42-41-65-63)46-31-35-52(36-32-46)68(48-19-7-2-8-20-48)54-38-40-62-58(44-54)56-26-14-16-28-60(56)70(62)50-23-11-4-12-24-50;1-3-9-18(10-4-1)25-19-15-16-24-22(17-19)21-13-7-8-14-23(21)26(24)20-11-5-2-6-12-20;17-13-5-1-11(2-6-13)15-16(20-10-9-19-15)12-3-7-14(18)8-4-12/h1-44H;1-17,25H;1-10H. The zero-order valence-corrected chi connectivity index (χ0v) is 65.9. The Labute approximate surface area is 688 Å². The third-order valence-corrected chi connectivity index (χ3v) is 22.1. The van der Waals surface area contributed by atoms with Crippen molar-refractivity contribution in [2.45, 2.75) is 0 Å². The van der Waals surface area contributed by atoms with Crippen molar-refractivity contribution in [3.63, 3.8) is 0 Å². The summed E-state index contributed by atoms with van der Waals surface area (Å²) in [6.45, 7) is 0. The van der Waals surface area contributed by atoms with Crippen LogP contribution in [-0.4, -0.2) is 33.6 Å². The molecule has 5 heterocycles. The predicted molar refractivity (Wildman–Crippen MR) is 490 cm³/mol. The topological polar surface area (TPSA) is 84.9 Å². The molecule has 552 valence electrons. The van der Waals surface area contributed by atoms with Crippen LogP contribution in [0.4, 0.5) is 45.5 Å². The number of benzene rings is 16. The van der Waals surface area contributed by atoms with Crippen LogP contribution in [0, 0.1) is 0 Å². The fourth-order valence-electron chi connectivity index (χ4n) is 15.8. The molecule has 1 N–H and O–H groups in total. The van der Waals surface area contributed by atoms with Gasteiger partial charge in [-0.25, -0.2) is 0 Å². The first-order valence-electron chi connectivity index (χ1n) is 38.5. The maximum absolute atomic E-state index is 4.95. The summed E-state index contributed by atoms with van der Waals surface area (Å²) in [4.78, 5) is 23.5. The van der Waals surface area contributed by atoms with Gasteiger partial charge in [-0.1, -0.05) is 244 Å². The summed E-state index contributed by atoms with van der Waals surface area (Å²) >= 11 is 6.90. The average molecular weight is 1620 g/mol. The zero-order chi connectivity index (χ0) is 77.7. The van der Waals surface area contributed by atoms with Crippen LogP contribution in [0.25, 0.3) is 128 Å². The molecule has 0 aliphatic carbocycles. The highest BCUT2D eigenvalue weighted by atomic mass is 79.9. The van der Waals surface area contributed by atoms with Gasteiger partial charge >= 0.3 is 0 Å². The number of fused-ring (bicyclic) bond motifs is 9. The third kappa shape index (κ3) is 14.3. The molecule has 5 aromatic heterocycles. The summed E-state index contributed by atoms with van der Waals surface area (Å²) < 4.78 is 9.14. The van der Waals surface area contributed by atoms with Crippen molar-refractivity contribution in [2.24, 2.45) is 0 Å². The maximum Gasteiger partial charge on any atom is 0.0965 e. The number of nitrogens with one attached hydrogen (secondary N) is 1. The van der Waals surface area contributed by atoms with E-state index in [9.17, 15) is 0 Å². The van der Waals surface area contributed by atoms with Gasteiger partial charge < -0.3 is 28.8 Å². The van der Waals surface area contributed by atoms with Gasteiger partial charge in [0.1, 0.15) is 0 Å². The van der Waals surface area contributed by atoms with E-state index in [0.717, 1.165) is 111 Å². The summed E-state index contributed by atoms with van der Waals surface area (Å²) in [7, 11) is 0. The first-order chi connectivity index (χ1) is 57.4. The number of halogens is 2. The number of nitrogens with zero attached hydrogens (tertiary/aromatic N) is 9. The first-order valence-corrected chi connectivity index (χ1v) is 40.1. The van der Waals surface area contributed by atoms with Crippen LogP contribution in [0.15, 0.2) is 440 Å². The second-order valence-electron chi connectivity index (χ2n) is 28.1. The molecule has 0 unspecified atom stereocenters. The zero-order valence-electron chi connectivity index (χ0n) is 62.8. The number of aromatic nitrogens is 7. The van der Waals surface area contributed by atoms with Gasteiger partial charge in [0.25, 0.3) is 0 Å². The molecule has 0 fully saturated rings. The van der Waals surface area contributed by atoms with Gasteiger partial charge in [0, 0.05) is 151 Å². The van der Waals surface area contributed by atoms with Crippen LogP contribution in [0.5, 0.6) is 0 Å². The molecule has 116 heavy (non-hydrogen) atoms. The van der Waals surface area contributed by atoms with E-state index in [1.54, 1.807) is 24.8 Å².